The van der Waals surface area contributed by atoms with Crippen molar-refractivity contribution < 1.29 is 9.18 Å². The van der Waals surface area contributed by atoms with Crippen molar-refractivity contribution in [3.63, 3.8) is 0 Å². The number of benzene rings is 1. The van der Waals surface area contributed by atoms with Crippen molar-refractivity contribution in [2.75, 3.05) is 11.4 Å². The topological polar surface area (TPSA) is 20.3 Å². The molecular formula is C10H7Br2ClFNO. The molecule has 16 heavy (non-hydrogen) atoms. The molecule has 1 aliphatic rings. The second-order valence-electron chi connectivity index (χ2n) is 3.46. The number of halogens is 4. The van der Waals surface area contributed by atoms with Gasteiger partial charge in [-0.05, 0) is 34.5 Å². The molecule has 2 nitrogen and oxygen atoms in total. The van der Waals surface area contributed by atoms with E-state index in [1.807, 2.05) is 0 Å². The highest BCUT2D eigenvalue weighted by Crippen LogP contribution is 2.38. The fourth-order valence-corrected chi connectivity index (χ4v) is 3.18. The predicted octanol–water partition coefficient (Wildman–Crippen LogP) is 3.74. The molecule has 1 fully saturated rings. The average molecular weight is 371 g/mol. The third-order valence-corrected chi connectivity index (χ3v) is 4.13. The van der Waals surface area contributed by atoms with Crippen molar-refractivity contribution in [2.24, 2.45) is 0 Å². The quantitative estimate of drug-likeness (QED) is 0.689. The summed E-state index contributed by atoms with van der Waals surface area (Å²) in [5.41, 5.74) is 0.537. The predicted molar refractivity (Wildman–Crippen MR) is 68.8 cm³/mol. The maximum absolute atomic E-state index is 13.0. The van der Waals surface area contributed by atoms with Gasteiger partial charge >= 0.3 is 0 Å². The Balaban J connectivity index is 2.45. The van der Waals surface area contributed by atoms with E-state index in [4.69, 9.17) is 11.6 Å². The van der Waals surface area contributed by atoms with Gasteiger partial charge in [-0.3, -0.25) is 4.79 Å². The van der Waals surface area contributed by atoms with Gasteiger partial charge < -0.3 is 4.90 Å². The number of amides is 1. The number of carbonyl (C=O) groups is 1. The van der Waals surface area contributed by atoms with Gasteiger partial charge in [-0.25, -0.2) is 4.39 Å². The van der Waals surface area contributed by atoms with E-state index in [0.29, 0.717) is 16.7 Å². The molecule has 1 aliphatic heterocycles. The standard InChI is InChI=1S/C10H7Br2ClFNO/c11-6-1-2-15(10(6)16)9-7(12)3-5(14)4-8(9)13/h3-4,6H,1-2H2. The van der Waals surface area contributed by atoms with E-state index in [1.54, 1.807) is 4.90 Å². The molecule has 0 bridgehead atoms. The first-order chi connectivity index (χ1) is 7.50. The van der Waals surface area contributed by atoms with Crippen molar-refractivity contribution in [1.29, 1.82) is 0 Å². The summed E-state index contributed by atoms with van der Waals surface area (Å²) in [5.74, 6) is -0.475. The van der Waals surface area contributed by atoms with E-state index in [2.05, 4.69) is 31.9 Å². The van der Waals surface area contributed by atoms with Gasteiger partial charge in [0.15, 0.2) is 0 Å². The van der Waals surface area contributed by atoms with E-state index >= 15 is 0 Å². The fraction of sp³-hybridized carbons (Fsp3) is 0.300. The number of hydrogen-bond acceptors (Lipinski definition) is 1. The van der Waals surface area contributed by atoms with Gasteiger partial charge in [0, 0.05) is 11.0 Å². The van der Waals surface area contributed by atoms with Crippen molar-refractivity contribution in [1.82, 2.24) is 0 Å². The summed E-state index contributed by atoms with van der Waals surface area (Å²) < 4.78 is 13.5. The van der Waals surface area contributed by atoms with Gasteiger partial charge in [0.1, 0.15) is 5.82 Å². The summed E-state index contributed by atoms with van der Waals surface area (Å²) in [4.78, 5) is 13.2. The second-order valence-corrected chi connectivity index (χ2v) is 5.83. The van der Waals surface area contributed by atoms with Crippen LogP contribution in [-0.2, 0) is 4.79 Å². The summed E-state index contributed by atoms with van der Waals surface area (Å²) in [6, 6.07) is 2.51. The molecule has 0 aliphatic carbocycles. The van der Waals surface area contributed by atoms with Gasteiger partial charge in [0.2, 0.25) is 5.91 Å². The Kier molecular flexibility index (Phi) is 3.56. The monoisotopic (exact) mass is 369 g/mol. The highest BCUT2D eigenvalue weighted by atomic mass is 79.9. The van der Waals surface area contributed by atoms with Crippen LogP contribution < -0.4 is 4.90 Å². The zero-order valence-corrected chi connectivity index (χ0v) is 11.9. The summed E-state index contributed by atoms with van der Waals surface area (Å²) in [5, 5.41) is 0.238. The Morgan fingerprint density at radius 3 is 2.69 bits per heavy atom. The zero-order valence-electron chi connectivity index (χ0n) is 8.01. The molecule has 1 aromatic carbocycles. The molecule has 0 radical (unpaired) electrons. The molecule has 1 amide bonds. The summed E-state index contributed by atoms with van der Waals surface area (Å²) >= 11 is 12.5. The average Bonchev–Trinajstić information content (AvgIpc) is 2.48. The van der Waals surface area contributed by atoms with Crippen LogP contribution in [-0.4, -0.2) is 17.3 Å². The second kappa shape index (κ2) is 4.63. The number of alkyl halides is 1. The number of nitrogens with zero attached hydrogens (tertiary/aromatic N) is 1. The highest BCUT2D eigenvalue weighted by molar-refractivity contribution is 9.10. The third kappa shape index (κ3) is 2.13. The first-order valence-electron chi connectivity index (χ1n) is 4.60. The molecule has 0 saturated carbocycles. The third-order valence-electron chi connectivity index (χ3n) is 2.39. The van der Waals surface area contributed by atoms with Crippen LogP contribution in [0.5, 0.6) is 0 Å². The molecule has 1 aromatic rings. The lowest BCUT2D eigenvalue weighted by atomic mass is 10.3. The van der Waals surface area contributed by atoms with Crippen LogP contribution in [0, 0.1) is 5.82 Å². The molecule has 0 aromatic heterocycles. The smallest absolute Gasteiger partial charge is 0.240 e. The minimum absolute atomic E-state index is 0.0470. The van der Waals surface area contributed by atoms with E-state index in [0.717, 1.165) is 6.42 Å². The van der Waals surface area contributed by atoms with Crippen molar-refractivity contribution in [2.45, 2.75) is 11.2 Å². The fourth-order valence-electron chi connectivity index (χ4n) is 1.66. The van der Waals surface area contributed by atoms with Crippen molar-refractivity contribution in [3.05, 3.63) is 27.4 Å². The van der Waals surface area contributed by atoms with Crippen LogP contribution >= 0.6 is 43.5 Å². The molecule has 2 rings (SSSR count). The van der Waals surface area contributed by atoms with Gasteiger partial charge in [-0.1, -0.05) is 27.5 Å². The van der Waals surface area contributed by atoms with Crippen LogP contribution in [0.2, 0.25) is 5.02 Å². The Morgan fingerprint density at radius 1 is 1.50 bits per heavy atom. The lowest BCUT2D eigenvalue weighted by Gasteiger charge is -2.19. The molecule has 0 N–H and O–H groups in total. The largest absolute Gasteiger partial charge is 0.309 e. The number of anilines is 1. The van der Waals surface area contributed by atoms with Gasteiger partial charge in [-0.15, -0.1) is 0 Å². The Morgan fingerprint density at radius 2 is 2.19 bits per heavy atom. The van der Waals surface area contributed by atoms with E-state index in [1.165, 1.54) is 12.1 Å². The number of carbonyl (C=O) groups excluding carboxylic acids is 1. The van der Waals surface area contributed by atoms with E-state index in [9.17, 15) is 9.18 Å². The molecule has 86 valence electrons. The lowest BCUT2D eigenvalue weighted by Crippen LogP contribution is -2.27. The van der Waals surface area contributed by atoms with Crippen LogP contribution in [0.25, 0.3) is 0 Å². The van der Waals surface area contributed by atoms with E-state index < -0.39 is 5.82 Å². The molecule has 1 unspecified atom stereocenters. The normalized spacial score (nSPS) is 20.6. The molecular weight excluding hydrogens is 364 g/mol. The van der Waals surface area contributed by atoms with Gasteiger partial charge in [-0.2, -0.15) is 0 Å². The summed E-state index contributed by atoms with van der Waals surface area (Å²) in [6.45, 7) is 0.582. The van der Waals surface area contributed by atoms with Crippen molar-refractivity contribution >= 4 is 55.1 Å². The molecule has 1 heterocycles. The molecule has 6 heteroatoms. The maximum Gasteiger partial charge on any atom is 0.240 e. The molecule has 1 saturated heterocycles. The lowest BCUT2D eigenvalue weighted by molar-refractivity contribution is -0.116. The first kappa shape index (κ1) is 12.3. The number of hydrogen-bond donors (Lipinski definition) is 0. The minimum Gasteiger partial charge on any atom is -0.309 e. The Labute approximate surface area is 114 Å². The summed E-state index contributed by atoms with van der Waals surface area (Å²) in [7, 11) is 0. The van der Waals surface area contributed by atoms with E-state index in [-0.39, 0.29) is 15.8 Å². The zero-order chi connectivity index (χ0) is 11.9. The maximum atomic E-state index is 13.0. The van der Waals surface area contributed by atoms with Crippen molar-refractivity contribution in [3.8, 4) is 0 Å². The first-order valence-corrected chi connectivity index (χ1v) is 6.69. The molecule has 0 spiro atoms. The van der Waals surface area contributed by atoms with Crippen LogP contribution in [0.15, 0.2) is 16.6 Å². The molecule has 1 atom stereocenters. The SMILES string of the molecule is O=C1C(Br)CCN1c1c(Cl)cc(F)cc1Br. The van der Waals surface area contributed by atoms with Gasteiger partial charge in [0.05, 0.1) is 15.5 Å². The van der Waals surface area contributed by atoms with Gasteiger partial charge in [0.25, 0.3) is 0 Å². The van der Waals surface area contributed by atoms with Crippen LogP contribution in [0.4, 0.5) is 10.1 Å². The number of rotatable bonds is 1. The highest BCUT2D eigenvalue weighted by Gasteiger charge is 2.32. The Hall–Kier alpha value is -0.130. The minimum atomic E-state index is -0.428. The van der Waals surface area contributed by atoms with Crippen LogP contribution in [0.1, 0.15) is 6.42 Å². The Bertz CT molecular complexity index is 431. The summed E-state index contributed by atoms with van der Waals surface area (Å²) in [6.07, 6.45) is 0.721. The van der Waals surface area contributed by atoms with Crippen LogP contribution in [0.3, 0.4) is 0 Å².